The molecule has 112 valence electrons. The molecule has 0 atom stereocenters. The summed E-state index contributed by atoms with van der Waals surface area (Å²) in [4.78, 5) is 11.8. The van der Waals surface area contributed by atoms with Crippen molar-refractivity contribution in [3.63, 3.8) is 0 Å². The largest absolute Gasteiger partial charge is 0.462 e. The molecular weight excluding hydrogens is 339 g/mol. The zero-order valence-electron chi connectivity index (χ0n) is 10.8. The molecule has 9 heteroatoms. The smallest absolute Gasteiger partial charge is 0.342 e. The Hall–Kier alpha value is -1.57. The Morgan fingerprint density at radius 2 is 2.14 bits per heavy atom. The molecule has 21 heavy (non-hydrogen) atoms. The summed E-state index contributed by atoms with van der Waals surface area (Å²) in [5.74, 6) is -0.815. The van der Waals surface area contributed by atoms with Crippen LogP contribution in [0.1, 0.15) is 17.3 Å². The molecule has 0 aliphatic heterocycles. The highest BCUT2D eigenvalue weighted by atomic mass is 35.7. The zero-order chi connectivity index (χ0) is 15.6. The molecule has 0 aliphatic carbocycles. The molecule has 1 heterocycles. The number of halogens is 2. The number of aromatic nitrogens is 2. The first-order chi connectivity index (χ1) is 9.84. The van der Waals surface area contributed by atoms with Crippen molar-refractivity contribution in [1.29, 1.82) is 0 Å². The zero-order valence-corrected chi connectivity index (χ0v) is 13.1. The van der Waals surface area contributed by atoms with Crippen LogP contribution in [-0.2, 0) is 13.8 Å². The van der Waals surface area contributed by atoms with E-state index in [4.69, 9.17) is 27.0 Å². The van der Waals surface area contributed by atoms with E-state index in [9.17, 15) is 13.2 Å². The third-order valence-corrected chi connectivity index (χ3v) is 4.03. The molecule has 0 saturated carbocycles. The fourth-order valence-electron chi connectivity index (χ4n) is 1.71. The number of carbonyl (C=O) groups is 1. The minimum atomic E-state index is -4.22. The molecule has 0 unspecified atom stereocenters. The molecule has 2 aromatic rings. The quantitative estimate of drug-likeness (QED) is 0.626. The van der Waals surface area contributed by atoms with E-state index < -0.39 is 20.0 Å². The second kappa shape index (κ2) is 6.05. The summed E-state index contributed by atoms with van der Waals surface area (Å²) in [6.07, 6.45) is 1.09. The highest BCUT2D eigenvalue weighted by Gasteiger charge is 2.28. The molecule has 0 aliphatic rings. The molecule has 1 aromatic heterocycles. The highest BCUT2D eigenvalue weighted by molar-refractivity contribution is 8.13. The average molecular weight is 349 g/mol. The molecule has 0 radical (unpaired) electrons. The number of hydrogen-bond donors (Lipinski definition) is 0. The molecule has 6 nitrogen and oxygen atoms in total. The van der Waals surface area contributed by atoms with Crippen LogP contribution in [0.2, 0.25) is 5.02 Å². The molecule has 0 spiro atoms. The van der Waals surface area contributed by atoms with E-state index in [0.717, 1.165) is 10.9 Å². The van der Waals surface area contributed by atoms with E-state index in [2.05, 4.69) is 5.10 Å². The standard InChI is InChI=1S/C12H10Cl2N2O4S/c1-2-20-12(17)10-7-15-16(11(10)21(14,18)19)9-5-3-4-8(13)6-9/h3-7H,2H2,1H3. The van der Waals surface area contributed by atoms with E-state index in [1.165, 1.54) is 6.07 Å². The summed E-state index contributed by atoms with van der Waals surface area (Å²) >= 11 is 5.87. The minimum absolute atomic E-state index is 0.100. The van der Waals surface area contributed by atoms with Gasteiger partial charge in [-0.25, -0.2) is 17.9 Å². The highest BCUT2D eigenvalue weighted by Crippen LogP contribution is 2.25. The first kappa shape index (κ1) is 15.8. The first-order valence-electron chi connectivity index (χ1n) is 5.80. The SMILES string of the molecule is CCOC(=O)c1cnn(-c2cccc(Cl)c2)c1S(=O)(=O)Cl. The van der Waals surface area contributed by atoms with Crippen molar-refractivity contribution in [1.82, 2.24) is 9.78 Å². The van der Waals surface area contributed by atoms with Gasteiger partial charge in [0.15, 0.2) is 5.03 Å². The van der Waals surface area contributed by atoms with E-state index in [0.29, 0.717) is 10.7 Å². The predicted molar refractivity (Wildman–Crippen MR) is 77.6 cm³/mol. The predicted octanol–water partition coefficient (Wildman–Crippen LogP) is 2.63. The third kappa shape index (κ3) is 3.37. The fourth-order valence-corrected chi connectivity index (χ4v) is 3.10. The summed E-state index contributed by atoms with van der Waals surface area (Å²) in [6.45, 7) is 1.71. The monoisotopic (exact) mass is 348 g/mol. The Morgan fingerprint density at radius 3 is 2.71 bits per heavy atom. The van der Waals surface area contributed by atoms with Crippen molar-refractivity contribution >= 4 is 37.3 Å². The lowest BCUT2D eigenvalue weighted by Crippen LogP contribution is -2.11. The maximum atomic E-state index is 11.8. The van der Waals surface area contributed by atoms with Crippen LogP contribution in [0.4, 0.5) is 0 Å². The van der Waals surface area contributed by atoms with Gasteiger partial charge in [-0.05, 0) is 25.1 Å². The van der Waals surface area contributed by atoms with Gasteiger partial charge in [0.2, 0.25) is 0 Å². The van der Waals surface area contributed by atoms with Crippen LogP contribution in [0, 0.1) is 0 Å². The second-order valence-electron chi connectivity index (χ2n) is 3.91. The summed E-state index contributed by atoms with van der Waals surface area (Å²) < 4.78 is 29.4. The Kier molecular flexibility index (Phi) is 4.55. The van der Waals surface area contributed by atoms with E-state index in [1.807, 2.05) is 0 Å². The van der Waals surface area contributed by atoms with Crippen LogP contribution in [0.3, 0.4) is 0 Å². The van der Waals surface area contributed by atoms with Crippen molar-refractivity contribution in [3.8, 4) is 5.69 Å². The van der Waals surface area contributed by atoms with Gasteiger partial charge in [0, 0.05) is 15.7 Å². The fraction of sp³-hybridized carbons (Fsp3) is 0.167. The lowest BCUT2D eigenvalue weighted by Gasteiger charge is -2.07. The van der Waals surface area contributed by atoms with Crippen molar-refractivity contribution in [3.05, 3.63) is 41.0 Å². The number of carbonyl (C=O) groups excluding carboxylic acids is 1. The molecule has 1 aromatic carbocycles. The van der Waals surface area contributed by atoms with E-state index in [1.54, 1.807) is 25.1 Å². The minimum Gasteiger partial charge on any atom is -0.462 e. The maximum Gasteiger partial charge on any atom is 0.342 e. The summed E-state index contributed by atoms with van der Waals surface area (Å²) in [5.41, 5.74) is 0.129. The lowest BCUT2D eigenvalue weighted by atomic mass is 10.3. The lowest BCUT2D eigenvalue weighted by molar-refractivity contribution is 0.0521. The number of rotatable bonds is 4. The number of hydrogen-bond acceptors (Lipinski definition) is 5. The van der Waals surface area contributed by atoms with Gasteiger partial charge in [-0.3, -0.25) is 0 Å². The normalized spacial score (nSPS) is 11.4. The Bertz CT molecular complexity index is 786. The second-order valence-corrected chi connectivity index (χ2v) is 6.83. The van der Waals surface area contributed by atoms with Crippen LogP contribution in [-0.4, -0.2) is 30.8 Å². The number of esters is 1. The molecular formula is C12H10Cl2N2O4S. The Morgan fingerprint density at radius 1 is 1.43 bits per heavy atom. The Balaban J connectivity index is 2.66. The van der Waals surface area contributed by atoms with Crippen molar-refractivity contribution in [2.75, 3.05) is 6.61 Å². The van der Waals surface area contributed by atoms with Crippen LogP contribution < -0.4 is 0 Å². The van der Waals surface area contributed by atoms with Crippen LogP contribution in [0.25, 0.3) is 5.69 Å². The van der Waals surface area contributed by atoms with E-state index >= 15 is 0 Å². The van der Waals surface area contributed by atoms with E-state index in [-0.39, 0.29) is 12.2 Å². The number of ether oxygens (including phenoxy) is 1. The van der Waals surface area contributed by atoms with Crippen LogP contribution in [0.5, 0.6) is 0 Å². The van der Waals surface area contributed by atoms with Gasteiger partial charge in [0.1, 0.15) is 5.56 Å². The van der Waals surface area contributed by atoms with Crippen molar-refractivity contribution in [2.45, 2.75) is 11.9 Å². The Labute approximate surface area is 130 Å². The van der Waals surface area contributed by atoms with Crippen molar-refractivity contribution in [2.24, 2.45) is 0 Å². The summed E-state index contributed by atoms with van der Waals surface area (Å²) in [5, 5.41) is 3.82. The molecule has 2 rings (SSSR count). The topological polar surface area (TPSA) is 78.3 Å². The summed E-state index contributed by atoms with van der Waals surface area (Å²) in [6, 6.07) is 6.32. The van der Waals surface area contributed by atoms with Gasteiger partial charge < -0.3 is 4.74 Å². The molecule has 0 amide bonds. The van der Waals surface area contributed by atoms with Gasteiger partial charge in [-0.1, -0.05) is 17.7 Å². The van der Waals surface area contributed by atoms with Gasteiger partial charge in [0.05, 0.1) is 18.5 Å². The molecule has 0 N–H and O–H groups in total. The average Bonchev–Trinajstić information content (AvgIpc) is 2.83. The van der Waals surface area contributed by atoms with Gasteiger partial charge >= 0.3 is 5.97 Å². The van der Waals surface area contributed by atoms with Gasteiger partial charge in [-0.15, -0.1) is 0 Å². The first-order valence-corrected chi connectivity index (χ1v) is 8.49. The maximum absolute atomic E-state index is 11.8. The molecule has 0 bridgehead atoms. The van der Waals surface area contributed by atoms with Crippen LogP contribution in [0.15, 0.2) is 35.5 Å². The number of benzene rings is 1. The van der Waals surface area contributed by atoms with Gasteiger partial charge in [0.25, 0.3) is 9.05 Å². The summed E-state index contributed by atoms with van der Waals surface area (Å²) in [7, 11) is 1.20. The molecule has 0 saturated heterocycles. The van der Waals surface area contributed by atoms with Crippen molar-refractivity contribution < 1.29 is 17.9 Å². The van der Waals surface area contributed by atoms with Crippen LogP contribution >= 0.6 is 22.3 Å². The van der Waals surface area contributed by atoms with Gasteiger partial charge in [-0.2, -0.15) is 5.10 Å². The third-order valence-electron chi connectivity index (χ3n) is 2.50. The molecule has 0 fully saturated rings. The number of nitrogens with zero attached hydrogens (tertiary/aromatic N) is 2.